The summed E-state index contributed by atoms with van der Waals surface area (Å²) in [5.74, 6) is 0.882. The molecule has 0 unspecified atom stereocenters. The van der Waals surface area contributed by atoms with Gasteiger partial charge in [-0.3, -0.25) is 10.1 Å². The van der Waals surface area contributed by atoms with Crippen molar-refractivity contribution in [3.05, 3.63) is 45.6 Å². The molecule has 0 radical (unpaired) electrons. The predicted octanol–water partition coefficient (Wildman–Crippen LogP) is 2.38. The van der Waals surface area contributed by atoms with Gasteiger partial charge in [0, 0.05) is 23.4 Å². The molecule has 1 heterocycles. The van der Waals surface area contributed by atoms with Crippen LogP contribution in [0.5, 0.6) is 11.6 Å². The van der Waals surface area contributed by atoms with Gasteiger partial charge in [-0.1, -0.05) is 0 Å². The SMILES string of the molecule is Cc1cc(Oc2ccc([N+](=O)[O-])c(C)c2)nc(N)n1. The summed E-state index contributed by atoms with van der Waals surface area (Å²) in [6.45, 7) is 3.41. The molecule has 0 aliphatic rings. The van der Waals surface area contributed by atoms with E-state index in [1.54, 1.807) is 26.0 Å². The molecular formula is C12H12N4O3. The van der Waals surface area contributed by atoms with Crippen LogP contribution in [0.2, 0.25) is 0 Å². The molecule has 0 aliphatic heterocycles. The second kappa shape index (κ2) is 4.89. The molecule has 0 fully saturated rings. The molecule has 0 spiro atoms. The molecular weight excluding hydrogens is 248 g/mol. The Bertz CT molecular complexity index is 623. The quantitative estimate of drug-likeness (QED) is 0.671. The number of rotatable bonds is 3. The molecule has 1 aromatic carbocycles. The van der Waals surface area contributed by atoms with E-state index in [1.807, 2.05) is 0 Å². The number of nitrogen functional groups attached to an aromatic ring is 1. The van der Waals surface area contributed by atoms with Crippen LogP contribution in [0.4, 0.5) is 11.6 Å². The number of nitro groups is 1. The van der Waals surface area contributed by atoms with Gasteiger partial charge in [-0.15, -0.1) is 0 Å². The Labute approximate surface area is 109 Å². The van der Waals surface area contributed by atoms with Gasteiger partial charge in [0.1, 0.15) is 5.75 Å². The molecule has 19 heavy (non-hydrogen) atoms. The van der Waals surface area contributed by atoms with E-state index in [0.29, 0.717) is 22.9 Å². The summed E-state index contributed by atoms with van der Waals surface area (Å²) in [5.41, 5.74) is 6.76. The van der Waals surface area contributed by atoms with Crippen LogP contribution in [-0.4, -0.2) is 14.9 Å². The van der Waals surface area contributed by atoms with E-state index in [-0.39, 0.29) is 11.6 Å². The van der Waals surface area contributed by atoms with E-state index in [1.165, 1.54) is 12.1 Å². The molecule has 2 aromatic rings. The van der Waals surface area contributed by atoms with Gasteiger partial charge in [-0.05, 0) is 26.0 Å². The molecule has 7 nitrogen and oxygen atoms in total. The van der Waals surface area contributed by atoms with Crippen LogP contribution in [0, 0.1) is 24.0 Å². The first kappa shape index (κ1) is 12.7. The maximum Gasteiger partial charge on any atom is 0.272 e. The highest BCUT2D eigenvalue weighted by Crippen LogP contribution is 2.26. The van der Waals surface area contributed by atoms with E-state index < -0.39 is 4.92 Å². The third-order valence-electron chi connectivity index (χ3n) is 2.44. The van der Waals surface area contributed by atoms with Crippen LogP contribution in [0.15, 0.2) is 24.3 Å². The monoisotopic (exact) mass is 260 g/mol. The first-order chi connectivity index (χ1) is 8.95. The van der Waals surface area contributed by atoms with E-state index in [4.69, 9.17) is 10.5 Å². The lowest BCUT2D eigenvalue weighted by Gasteiger charge is -2.06. The third kappa shape index (κ3) is 2.95. The lowest BCUT2D eigenvalue weighted by atomic mass is 10.2. The Morgan fingerprint density at radius 3 is 2.58 bits per heavy atom. The van der Waals surface area contributed by atoms with Crippen LogP contribution in [0.1, 0.15) is 11.3 Å². The first-order valence-electron chi connectivity index (χ1n) is 5.50. The molecule has 2 N–H and O–H groups in total. The summed E-state index contributed by atoms with van der Waals surface area (Å²) in [5, 5.41) is 10.7. The number of nitrogens with zero attached hydrogens (tertiary/aromatic N) is 3. The van der Waals surface area contributed by atoms with Crippen LogP contribution in [-0.2, 0) is 0 Å². The Kier molecular flexibility index (Phi) is 3.28. The number of hydrogen-bond donors (Lipinski definition) is 1. The number of anilines is 1. The van der Waals surface area contributed by atoms with Crippen LogP contribution in [0.25, 0.3) is 0 Å². The Hall–Kier alpha value is -2.70. The minimum absolute atomic E-state index is 0.0470. The highest BCUT2D eigenvalue weighted by atomic mass is 16.6. The number of aryl methyl sites for hydroxylation is 2. The molecule has 2 rings (SSSR count). The molecule has 0 atom stereocenters. The standard InChI is InChI=1S/C12H12N4O3/c1-7-5-9(3-4-10(7)16(17)18)19-11-6-8(2)14-12(13)15-11/h3-6H,1-2H3,(H2,13,14,15). The van der Waals surface area contributed by atoms with Gasteiger partial charge in [0.05, 0.1) is 4.92 Å². The van der Waals surface area contributed by atoms with Gasteiger partial charge in [0.25, 0.3) is 5.69 Å². The number of benzene rings is 1. The Morgan fingerprint density at radius 2 is 2.00 bits per heavy atom. The van der Waals surface area contributed by atoms with Crippen LogP contribution < -0.4 is 10.5 Å². The van der Waals surface area contributed by atoms with E-state index in [0.717, 1.165) is 0 Å². The van der Waals surface area contributed by atoms with Gasteiger partial charge in [0.2, 0.25) is 11.8 Å². The summed E-state index contributed by atoms with van der Waals surface area (Å²) < 4.78 is 5.50. The molecule has 0 saturated carbocycles. The summed E-state index contributed by atoms with van der Waals surface area (Å²) in [6, 6.07) is 6.11. The lowest BCUT2D eigenvalue weighted by molar-refractivity contribution is -0.385. The first-order valence-corrected chi connectivity index (χ1v) is 5.50. The summed E-state index contributed by atoms with van der Waals surface area (Å²) >= 11 is 0. The number of hydrogen-bond acceptors (Lipinski definition) is 6. The zero-order valence-electron chi connectivity index (χ0n) is 10.5. The van der Waals surface area contributed by atoms with Gasteiger partial charge in [-0.25, -0.2) is 4.98 Å². The van der Waals surface area contributed by atoms with E-state index >= 15 is 0 Å². The molecule has 0 aliphatic carbocycles. The number of ether oxygens (including phenoxy) is 1. The largest absolute Gasteiger partial charge is 0.439 e. The fourth-order valence-corrected chi connectivity index (χ4v) is 1.63. The average molecular weight is 260 g/mol. The second-order valence-corrected chi connectivity index (χ2v) is 4.01. The van der Waals surface area contributed by atoms with Gasteiger partial charge in [0.15, 0.2) is 0 Å². The summed E-state index contributed by atoms with van der Waals surface area (Å²) in [4.78, 5) is 18.1. The van der Waals surface area contributed by atoms with E-state index in [2.05, 4.69) is 9.97 Å². The van der Waals surface area contributed by atoms with Crippen molar-refractivity contribution in [2.24, 2.45) is 0 Å². The molecule has 0 amide bonds. The average Bonchev–Trinajstić information content (AvgIpc) is 2.26. The topological polar surface area (TPSA) is 104 Å². The zero-order valence-corrected chi connectivity index (χ0v) is 10.5. The zero-order chi connectivity index (χ0) is 14.0. The van der Waals surface area contributed by atoms with Crippen LogP contribution >= 0.6 is 0 Å². The van der Waals surface area contributed by atoms with Crippen molar-refractivity contribution < 1.29 is 9.66 Å². The molecule has 98 valence electrons. The van der Waals surface area contributed by atoms with Crippen molar-refractivity contribution in [2.75, 3.05) is 5.73 Å². The third-order valence-corrected chi connectivity index (χ3v) is 2.44. The molecule has 0 saturated heterocycles. The Balaban J connectivity index is 2.28. The fourth-order valence-electron chi connectivity index (χ4n) is 1.63. The van der Waals surface area contributed by atoms with Crippen molar-refractivity contribution in [1.82, 2.24) is 9.97 Å². The molecule has 7 heteroatoms. The number of nitrogens with two attached hydrogens (primary N) is 1. The fraction of sp³-hybridized carbons (Fsp3) is 0.167. The highest BCUT2D eigenvalue weighted by molar-refractivity contribution is 5.45. The van der Waals surface area contributed by atoms with E-state index in [9.17, 15) is 10.1 Å². The molecule has 0 bridgehead atoms. The number of aromatic nitrogens is 2. The smallest absolute Gasteiger partial charge is 0.272 e. The van der Waals surface area contributed by atoms with Crippen molar-refractivity contribution >= 4 is 11.6 Å². The highest BCUT2D eigenvalue weighted by Gasteiger charge is 2.11. The molecule has 1 aromatic heterocycles. The van der Waals surface area contributed by atoms with Gasteiger partial charge < -0.3 is 10.5 Å². The Morgan fingerprint density at radius 1 is 1.26 bits per heavy atom. The van der Waals surface area contributed by atoms with Crippen molar-refractivity contribution in [2.45, 2.75) is 13.8 Å². The summed E-state index contributed by atoms with van der Waals surface area (Å²) in [7, 11) is 0. The minimum atomic E-state index is -0.439. The summed E-state index contributed by atoms with van der Waals surface area (Å²) in [6.07, 6.45) is 0. The predicted molar refractivity (Wildman–Crippen MR) is 69.1 cm³/mol. The number of nitro benzene ring substituents is 1. The van der Waals surface area contributed by atoms with Gasteiger partial charge in [-0.2, -0.15) is 4.98 Å². The van der Waals surface area contributed by atoms with Crippen molar-refractivity contribution in [3.63, 3.8) is 0 Å². The van der Waals surface area contributed by atoms with Crippen LogP contribution in [0.3, 0.4) is 0 Å². The maximum absolute atomic E-state index is 10.7. The second-order valence-electron chi connectivity index (χ2n) is 4.01. The lowest BCUT2D eigenvalue weighted by Crippen LogP contribution is -1.99. The minimum Gasteiger partial charge on any atom is -0.439 e. The normalized spacial score (nSPS) is 10.2. The van der Waals surface area contributed by atoms with Gasteiger partial charge >= 0.3 is 0 Å². The maximum atomic E-state index is 10.7. The van der Waals surface area contributed by atoms with Crippen molar-refractivity contribution in [3.8, 4) is 11.6 Å². The van der Waals surface area contributed by atoms with Crippen molar-refractivity contribution in [1.29, 1.82) is 0 Å².